The molecule has 14 heavy (non-hydrogen) atoms. The molecule has 0 saturated heterocycles. The van der Waals surface area contributed by atoms with E-state index in [-0.39, 0.29) is 12.5 Å². The van der Waals surface area contributed by atoms with E-state index in [4.69, 9.17) is 5.73 Å². The predicted molar refractivity (Wildman–Crippen MR) is 53.9 cm³/mol. The molecule has 1 heterocycles. The number of nitrogen functional groups attached to an aromatic ring is 1. The minimum Gasteiger partial charge on any atom is -0.468 e. The lowest BCUT2D eigenvalue weighted by Crippen LogP contribution is -2.27. The Balaban J connectivity index is 2.74. The molecule has 0 aliphatic carbocycles. The normalized spacial score (nSPS) is 9.57. The number of rotatable bonds is 3. The van der Waals surface area contributed by atoms with Gasteiger partial charge in [-0.2, -0.15) is 0 Å². The van der Waals surface area contributed by atoms with Crippen LogP contribution in [0.4, 0.5) is 11.5 Å². The first kappa shape index (κ1) is 10.3. The van der Waals surface area contributed by atoms with Gasteiger partial charge in [-0.1, -0.05) is 0 Å². The molecule has 1 aromatic heterocycles. The SMILES string of the molecule is COC(=O)CN(C)c1ncccc1N. The summed E-state index contributed by atoms with van der Waals surface area (Å²) < 4.78 is 4.53. The van der Waals surface area contributed by atoms with Gasteiger partial charge in [-0.15, -0.1) is 0 Å². The van der Waals surface area contributed by atoms with Crippen LogP contribution in [0.3, 0.4) is 0 Å². The van der Waals surface area contributed by atoms with Crippen molar-refractivity contribution in [2.45, 2.75) is 0 Å². The van der Waals surface area contributed by atoms with Crippen molar-refractivity contribution < 1.29 is 9.53 Å². The molecule has 0 atom stereocenters. The number of hydrogen-bond acceptors (Lipinski definition) is 5. The van der Waals surface area contributed by atoms with E-state index in [9.17, 15) is 4.79 Å². The Morgan fingerprint density at radius 2 is 2.43 bits per heavy atom. The number of likely N-dealkylation sites (N-methyl/N-ethyl adjacent to an activating group) is 1. The Morgan fingerprint density at radius 1 is 1.71 bits per heavy atom. The first-order valence-electron chi connectivity index (χ1n) is 4.13. The van der Waals surface area contributed by atoms with E-state index < -0.39 is 0 Å². The van der Waals surface area contributed by atoms with Gasteiger partial charge < -0.3 is 15.4 Å². The van der Waals surface area contributed by atoms with E-state index in [1.54, 1.807) is 30.3 Å². The highest BCUT2D eigenvalue weighted by molar-refractivity contribution is 5.76. The van der Waals surface area contributed by atoms with E-state index in [0.29, 0.717) is 11.5 Å². The van der Waals surface area contributed by atoms with Crippen LogP contribution in [0.15, 0.2) is 18.3 Å². The number of nitrogens with two attached hydrogens (primary N) is 1. The Bertz CT molecular complexity index is 328. The molecule has 5 heteroatoms. The van der Waals surface area contributed by atoms with Crippen molar-refractivity contribution in [1.82, 2.24) is 4.98 Å². The third-order valence-corrected chi connectivity index (χ3v) is 1.77. The molecule has 0 amide bonds. The molecule has 1 rings (SSSR count). The lowest BCUT2D eigenvalue weighted by Gasteiger charge is -2.17. The molecule has 0 unspecified atom stereocenters. The Hall–Kier alpha value is -1.78. The monoisotopic (exact) mass is 195 g/mol. The molecule has 0 aliphatic rings. The smallest absolute Gasteiger partial charge is 0.325 e. The van der Waals surface area contributed by atoms with Gasteiger partial charge in [0, 0.05) is 13.2 Å². The minimum absolute atomic E-state index is 0.137. The summed E-state index contributed by atoms with van der Waals surface area (Å²) in [6, 6.07) is 3.47. The van der Waals surface area contributed by atoms with Crippen molar-refractivity contribution in [2.24, 2.45) is 0 Å². The first-order valence-corrected chi connectivity index (χ1v) is 4.13. The fourth-order valence-corrected chi connectivity index (χ4v) is 1.06. The second kappa shape index (κ2) is 4.45. The zero-order valence-electron chi connectivity index (χ0n) is 8.23. The molecule has 0 aliphatic heterocycles. The number of carbonyl (C=O) groups excluding carboxylic acids is 1. The molecule has 0 aromatic carbocycles. The zero-order valence-corrected chi connectivity index (χ0v) is 8.23. The maximum absolute atomic E-state index is 11.0. The maximum atomic E-state index is 11.0. The van der Waals surface area contributed by atoms with Crippen molar-refractivity contribution in [1.29, 1.82) is 0 Å². The number of aromatic nitrogens is 1. The van der Waals surface area contributed by atoms with Crippen molar-refractivity contribution >= 4 is 17.5 Å². The molecule has 0 bridgehead atoms. The first-order chi connectivity index (χ1) is 6.65. The van der Waals surface area contributed by atoms with Crippen molar-refractivity contribution in [3.05, 3.63) is 18.3 Å². The number of ether oxygens (including phenoxy) is 1. The van der Waals surface area contributed by atoms with Crippen LogP contribution in [0.2, 0.25) is 0 Å². The summed E-state index contributed by atoms with van der Waals surface area (Å²) in [5, 5.41) is 0. The van der Waals surface area contributed by atoms with Crippen molar-refractivity contribution in [3.63, 3.8) is 0 Å². The summed E-state index contributed by atoms with van der Waals surface area (Å²) in [6.45, 7) is 0.137. The van der Waals surface area contributed by atoms with Gasteiger partial charge in [0.15, 0.2) is 5.82 Å². The number of anilines is 2. The van der Waals surface area contributed by atoms with Crippen LogP contribution in [0.25, 0.3) is 0 Å². The third kappa shape index (κ3) is 2.35. The summed E-state index contributed by atoms with van der Waals surface area (Å²) >= 11 is 0. The lowest BCUT2D eigenvalue weighted by atomic mass is 10.3. The van der Waals surface area contributed by atoms with E-state index in [0.717, 1.165) is 0 Å². The Kier molecular flexibility index (Phi) is 3.28. The molecular weight excluding hydrogens is 182 g/mol. The molecule has 0 spiro atoms. The number of hydrogen-bond donors (Lipinski definition) is 1. The van der Waals surface area contributed by atoms with Gasteiger partial charge in [-0.3, -0.25) is 4.79 Å². The van der Waals surface area contributed by atoms with Gasteiger partial charge in [0.25, 0.3) is 0 Å². The molecule has 5 nitrogen and oxygen atoms in total. The number of pyridine rings is 1. The molecule has 0 radical (unpaired) electrons. The van der Waals surface area contributed by atoms with Crippen LogP contribution in [0.5, 0.6) is 0 Å². The molecular formula is C9H13N3O2. The summed E-state index contributed by atoms with van der Waals surface area (Å²) in [5.74, 6) is 0.260. The Morgan fingerprint density at radius 3 is 3.00 bits per heavy atom. The number of esters is 1. The molecule has 2 N–H and O–H groups in total. The second-order valence-corrected chi connectivity index (χ2v) is 2.85. The topological polar surface area (TPSA) is 68.5 Å². The molecule has 0 saturated carbocycles. The quantitative estimate of drug-likeness (QED) is 0.701. The number of carbonyl (C=O) groups is 1. The van der Waals surface area contributed by atoms with E-state index in [1.165, 1.54) is 7.11 Å². The summed E-state index contributed by atoms with van der Waals surface area (Å²) in [4.78, 5) is 16.7. The van der Waals surface area contributed by atoms with Crippen LogP contribution in [-0.2, 0) is 9.53 Å². The summed E-state index contributed by atoms with van der Waals surface area (Å²) in [7, 11) is 3.08. The average molecular weight is 195 g/mol. The summed E-state index contributed by atoms with van der Waals surface area (Å²) in [6.07, 6.45) is 1.62. The van der Waals surface area contributed by atoms with Crippen LogP contribution >= 0.6 is 0 Å². The zero-order chi connectivity index (χ0) is 10.6. The van der Waals surface area contributed by atoms with Crippen molar-refractivity contribution in [2.75, 3.05) is 31.3 Å². The number of methoxy groups -OCH3 is 1. The van der Waals surface area contributed by atoms with Crippen LogP contribution in [0, 0.1) is 0 Å². The largest absolute Gasteiger partial charge is 0.468 e. The van der Waals surface area contributed by atoms with Gasteiger partial charge >= 0.3 is 5.97 Å². The van der Waals surface area contributed by atoms with Gasteiger partial charge in [0.2, 0.25) is 0 Å². The molecule has 0 fully saturated rings. The van der Waals surface area contributed by atoms with Crippen molar-refractivity contribution in [3.8, 4) is 0 Å². The average Bonchev–Trinajstić information content (AvgIpc) is 2.18. The highest BCUT2D eigenvalue weighted by Gasteiger charge is 2.10. The fraction of sp³-hybridized carbons (Fsp3) is 0.333. The van der Waals surface area contributed by atoms with E-state index in [2.05, 4.69) is 9.72 Å². The third-order valence-electron chi connectivity index (χ3n) is 1.77. The van der Waals surface area contributed by atoms with E-state index >= 15 is 0 Å². The van der Waals surface area contributed by atoms with Gasteiger partial charge in [0.1, 0.15) is 6.54 Å². The standard InChI is InChI=1S/C9H13N3O2/c1-12(6-8(13)14-2)9-7(10)4-3-5-11-9/h3-5H,6,10H2,1-2H3. The van der Waals surface area contributed by atoms with Gasteiger partial charge in [-0.05, 0) is 12.1 Å². The highest BCUT2D eigenvalue weighted by atomic mass is 16.5. The van der Waals surface area contributed by atoms with Crippen LogP contribution < -0.4 is 10.6 Å². The Labute approximate surface area is 82.5 Å². The number of nitrogens with zero attached hydrogens (tertiary/aromatic N) is 2. The molecule has 76 valence electrons. The van der Waals surface area contributed by atoms with Gasteiger partial charge in [0.05, 0.1) is 12.8 Å². The predicted octanol–water partition coefficient (Wildman–Crippen LogP) is 0.273. The minimum atomic E-state index is -0.322. The van der Waals surface area contributed by atoms with Crippen LogP contribution in [0.1, 0.15) is 0 Å². The maximum Gasteiger partial charge on any atom is 0.325 e. The lowest BCUT2D eigenvalue weighted by molar-refractivity contribution is -0.138. The summed E-state index contributed by atoms with van der Waals surface area (Å²) in [5.41, 5.74) is 6.22. The van der Waals surface area contributed by atoms with Crippen LogP contribution in [-0.4, -0.2) is 31.7 Å². The fourth-order valence-electron chi connectivity index (χ4n) is 1.06. The van der Waals surface area contributed by atoms with E-state index in [1.807, 2.05) is 0 Å². The molecule has 1 aromatic rings. The van der Waals surface area contributed by atoms with Gasteiger partial charge in [-0.25, -0.2) is 4.98 Å². The second-order valence-electron chi connectivity index (χ2n) is 2.85. The highest BCUT2D eigenvalue weighted by Crippen LogP contribution is 2.16.